The summed E-state index contributed by atoms with van der Waals surface area (Å²) in [6.07, 6.45) is -0.0174. The molecule has 1 aromatic heterocycles. The zero-order chi connectivity index (χ0) is 17.4. The fourth-order valence-electron chi connectivity index (χ4n) is 2.50. The first-order valence-electron chi connectivity index (χ1n) is 7.56. The lowest BCUT2D eigenvalue weighted by Crippen LogP contribution is -2.08. The predicted octanol–water partition coefficient (Wildman–Crippen LogP) is 5.86. The summed E-state index contributed by atoms with van der Waals surface area (Å²) in [7, 11) is 0. The number of rotatable bonds is 3. The third kappa shape index (κ3) is 3.14. The van der Waals surface area contributed by atoms with Gasteiger partial charge in [-0.3, -0.25) is 4.79 Å². The molecule has 1 heterocycles. The van der Waals surface area contributed by atoms with Gasteiger partial charge in [0.2, 0.25) is 5.43 Å². The normalized spacial score (nSPS) is 11.2. The van der Waals surface area contributed by atoms with Crippen LogP contribution >= 0.6 is 23.2 Å². The van der Waals surface area contributed by atoms with Crippen molar-refractivity contribution in [3.63, 3.8) is 0 Å². The number of benzene rings is 2. The smallest absolute Gasteiger partial charge is 0.212 e. The number of hydrogen-bond acceptors (Lipinski definition) is 3. The Morgan fingerprint density at radius 3 is 2.54 bits per heavy atom. The molecule has 0 aliphatic rings. The van der Waals surface area contributed by atoms with E-state index >= 15 is 0 Å². The van der Waals surface area contributed by atoms with Gasteiger partial charge in [0.1, 0.15) is 16.4 Å². The van der Waals surface area contributed by atoms with Crippen LogP contribution in [0.3, 0.4) is 0 Å². The number of hydrogen-bond donors (Lipinski definition) is 0. The molecule has 0 atom stereocenters. The molecule has 0 amide bonds. The van der Waals surface area contributed by atoms with Crippen molar-refractivity contribution < 1.29 is 9.15 Å². The van der Waals surface area contributed by atoms with E-state index in [9.17, 15) is 4.79 Å². The van der Waals surface area contributed by atoms with E-state index in [1.165, 1.54) is 0 Å². The summed E-state index contributed by atoms with van der Waals surface area (Å²) >= 11 is 12.3. The Morgan fingerprint density at radius 1 is 1.08 bits per heavy atom. The minimum Gasteiger partial charge on any atom is -0.490 e. The van der Waals surface area contributed by atoms with E-state index in [2.05, 4.69) is 0 Å². The molecule has 0 radical (unpaired) electrons. The van der Waals surface area contributed by atoms with Crippen molar-refractivity contribution >= 4 is 34.2 Å². The van der Waals surface area contributed by atoms with Crippen LogP contribution in [0.4, 0.5) is 0 Å². The second kappa shape index (κ2) is 6.50. The van der Waals surface area contributed by atoms with Gasteiger partial charge >= 0.3 is 0 Å². The van der Waals surface area contributed by atoms with Crippen molar-refractivity contribution in [1.82, 2.24) is 0 Å². The molecule has 0 spiro atoms. The third-order valence-electron chi connectivity index (χ3n) is 3.54. The molecule has 5 heteroatoms. The number of halogens is 2. The standard InChI is InChI=1S/C19H16Cl2O3/c1-10(2)23-16-6-4-11(3)8-14(16)19-17(21)18(22)13-9-12(20)5-7-15(13)24-19/h4-10H,1-3H3. The fraction of sp³-hybridized carbons (Fsp3) is 0.211. The molecule has 0 fully saturated rings. The Kier molecular flexibility index (Phi) is 4.57. The van der Waals surface area contributed by atoms with Gasteiger partial charge in [-0.25, -0.2) is 0 Å². The monoisotopic (exact) mass is 362 g/mol. The molecule has 0 N–H and O–H groups in total. The Balaban J connectivity index is 2.31. The minimum atomic E-state index is -0.313. The van der Waals surface area contributed by atoms with E-state index in [1.807, 2.05) is 39.0 Å². The van der Waals surface area contributed by atoms with Gasteiger partial charge in [-0.05, 0) is 51.1 Å². The first-order valence-corrected chi connectivity index (χ1v) is 8.32. The summed E-state index contributed by atoms with van der Waals surface area (Å²) in [6, 6.07) is 10.6. The molecular formula is C19H16Cl2O3. The molecule has 2 aromatic carbocycles. The molecule has 3 rings (SSSR count). The Bertz CT molecular complexity index is 974. The molecule has 0 unspecified atom stereocenters. The largest absolute Gasteiger partial charge is 0.490 e. The van der Waals surface area contributed by atoms with Gasteiger partial charge in [0.25, 0.3) is 0 Å². The van der Waals surface area contributed by atoms with Crippen LogP contribution < -0.4 is 10.2 Å². The van der Waals surface area contributed by atoms with Gasteiger partial charge in [0.05, 0.1) is 17.1 Å². The summed E-state index contributed by atoms with van der Waals surface area (Å²) in [6.45, 7) is 5.82. The maximum absolute atomic E-state index is 12.6. The first kappa shape index (κ1) is 16.9. The number of ether oxygens (including phenoxy) is 1. The van der Waals surface area contributed by atoms with E-state index in [4.69, 9.17) is 32.4 Å². The van der Waals surface area contributed by atoms with E-state index in [0.717, 1.165) is 5.56 Å². The molecule has 0 aliphatic carbocycles. The van der Waals surface area contributed by atoms with E-state index in [0.29, 0.717) is 33.1 Å². The topological polar surface area (TPSA) is 39.4 Å². The minimum absolute atomic E-state index is 0.0174. The van der Waals surface area contributed by atoms with Crippen molar-refractivity contribution in [2.24, 2.45) is 0 Å². The van der Waals surface area contributed by atoms with Crippen molar-refractivity contribution in [3.8, 4) is 17.1 Å². The van der Waals surface area contributed by atoms with Crippen LogP contribution in [0.2, 0.25) is 10.0 Å². The third-order valence-corrected chi connectivity index (χ3v) is 4.12. The summed E-state index contributed by atoms with van der Waals surface area (Å²) < 4.78 is 11.8. The highest BCUT2D eigenvalue weighted by atomic mass is 35.5. The van der Waals surface area contributed by atoms with Crippen molar-refractivity contribution in [2.75, 3.05) is 0 Å². The van der Waals surface area contributed by atoms with Crippen molar-refractivity contribution in [1.29, 1.82) is 0 Å². The molecule has 3 aromatic rings. The molecule has 0 saturated carbocycles. The zero-order valence-electron chi connectivity index (χ0n) is 13.5. The highest BCUT2D eigenvalue weighted by Gasteiger charge is 2.19. The van der Waals surface area contributed by atoms with Crippen LogP contribution in [0, 0.1) is 6.92 Å². The summed E-state index contributed by atoms with van der Waals surface area (Å²) in [4.78, 5) is 12.6. The lowest BCUT2D eigenvalue weighted by molar-refractivity contribution is 0.243. The van der Waals surface area contributed by atoms with Crippen LogP contribution in [-0.4, -0.2) is 6.10 Å². The quantitative estimate of drug-likeness (QED) is 0.585. The molecule has 0 bridgehead atoms. The van der Waals surface area contributed by atoms with Gasteiger partial charge in [-0.15, -0.1) is 0 Å². The Hall–Kier alpha value is -1.97. The average Bonchev–Trinajstić information content (AvgIpc) is 2.53. The van der Waals surface area contributed by atoms with Crippen LogP contribution in [0.5, 0.6) is 5.75 Å². The van der Waals surface area contributed by atoms with E-state index < -0.39 is 0 Å². The van der Waals surface area contributed by atoms with E-state index in [1.54, 1.807) is 18.2 Å². The lowest BCUT2D eigenvalue weighted by atomic mass is 10.1. The zero-order valence-corrected chi connectivity index (χ0v) is 15.0. The molecule has 0 aliphatic heterocycles. The maximum Gasteiger partial charge on any atom is 0.212 e. The van der Waals surface area contributed by atoms with Gasteiger partial charge in [0, 0.05) is 5.02 Å². The Labute approximate surface area is 149 Å². The van der Waals surface area contributed by atoms with Crippen LogP contribution in [0.1, 0.15) is 19.4 Å². The van der Waals surface area contributed by atoms with Gasteiger partial charge in [-0.1, -0.05) is 34.8 Å². The molecule has 3 nitrogen and oxygen atoms in total. The summed E-state index contributed by atoms with van der Waals surface area (Å²) in [5.74, 6) is 0.921. The van der Waals surface area contributed by atoms with Gasteiger partial charge in [0.15, 0.2) is 5.76 Å². The maximum atomic E-state index is 12.6. The second-order valence-electron chi connectivity index (χ2n) is 5.88. The van der Waals surface area contributed by atoms with Crippen LogP contribution in [0.25, 0.3) is 22.3 Å². The average molecular weight is 363 g/mol. The number of aryl methyl sites for hydroxylation is 1. The first-order chi connectivity index (χ1) is 11.4. The highest BCUT2D eigenvalue weighted by Crippen LogP contribution is 2.36. The lowest BCUT2D eigenvalue weighted by Gasteiger charge is -2.15. The molecule has 24 heavy (non-hydrogen) atoms. The van der Waals surface area contributed by atoms with Crippen molar-refractivity contribution in [2.45, 2.75) is 26.9 Å². The van der Waals surface area contributed by atoms with Crippen molar-refractivity contribution in [3.05, 3.63) is 62.2 Å². The Morgan fingerprint density at radius 2 is 1.83 bits per heavy atom. The highest BCUT2D eigenvalue weighted by molar-refractivity contribution is 6.34. The van der Waals surface area contributed by atoms with Gasteiger partial charge < -0.3 is 9.15 Å². The van der Waals surface area contributed by atoms with Crippen LogP contribution in [0.15, 0.2) is 45.6 Å². The fourth-order valence-corrected chi connectivity index (χ4v) is 2.91. The second-order valence-corrected chi connectivity index (χ2v) is 6.70. The number of fused-ring (bicyclic) bond motifs is 1. The molecule has 0 saturated heterocycles. The van der Waals surface area contributed by atoms with E-state index in [-0.39, 0.29) is 16.6 Å². The summed E-state index contributed by atoms with van der Waals surface area (Å²) in [5, 5.41) is 0.831. The molecular weight excluding hydrogens is 347 g/mol. The van der Waals surface area contributed by atoms with Gasteiger partial charge in [-0.2, -0.15) is 0 Å². The van der Waals surface area contributed by atoms with Crippen LogP contribution in [-0.2, 0) is 0 Å². The SMILES string of the molecule is Cc1ccc(OC(C)C)c(-c2oc3ccc(Cl)cc3c(=O)c2Cl)c1. The predicted molar refractivity (Wildman–Crippen MR) is 98.4 cm³/mol. The molecule has 124 valence electrons. The summed E-state index contributed by atoms with van der Waals surface area (Å²) in [5.41, 5.74) is 1.78.